The van der Waals surface area contributed by atoms with Gasteiger partial charge >= 0.3 is 0 Å². The van der Waals surface area contributed by atoms with Crippen LogP contribution in [0.4, 0.5) is 5.69 Å². The van der Waals surface area contributed by atoms with E-state index in [0.717, 1.165) is 5.56 Å². The van der Waals surface area contributed by atoms with Crippen molar-refractivity contribution >= 4 is 17.7 Å². The van der Waals surface area contributed by atoms with Gasteiger partial charge in [0.1, 0.15) is 0 Å². The molecule has 0 atom stereocenters. The van der Waals surface area contributed by atoms with E-state index in [1.807, 2.05) is 0 Å². The van der Waals surface area contributed by atoms with Gasteiger partial charge in [-0.3, -0.25) is 4.79 Å². The van der Waals surface area contributed by atoms with Crippen molar-refractivity contribution in [2.45, 2.75) is 0 Å². The minimum atomic E-state index is -0.515. The zero-order valence-electron chi connectivity index (χ0n) is 7.29. The Kier molecular flexibility index (Phi) is 3.29. The standard InChI is InChI=1S/C9H8N4O/c10-9(14)5-4-7-2-1-3-8(6-7)12-13-11/h1-6H,(H2,10,14). The summed E-state index contributed by atoms with van der Waals surface area (Å²) in [6.07, 6.45) is 2.80. The lowest BCUT2D eigenvalue weighted by Crippen LogP contribution is -2.04. The molecular weight excluding hydrogens is 180 g/mol. The molecule has 0 radical (unpaired) electrons. The predicted molar refractivity (Wildman–Crippen MR) is 53.5 cm³/mol. The van der Waals surface area contributed by atoms with Crippen LogP contribution in [-0.4, -0.2) is 5.91 Å². The summed E-state index contributed by atoms with van der Waals surface area (Å²) in [5.41, 5.74) is 14.4. The SMILES string of the molecule is [N-]=[N+]=Nc1cccc(C=CC(N)=O)c1. The van der Waals surface area contributed by atoms with Crippen molar-refractivity contribution in [2.24, 2.45) is 10.8 Å². The number of azide groups is 1. The van der Waals surface area contributed by atoms with Gasteiger partial charge in [0.2, 0.25) is 5.91 Å². The molecule has 0 heterocycles. The van der Waals surface area contributed by atoms with E-state index in [1.165, 1.54) is 6.08 Å². The van der Waals surface area contributed by atoms with E-state index < -0.39 is 5.91 Å². The fourth-order valence-corrected chi connectivity index (χ4v) is 0.921. The average molecular weight is 188 g/mol. The molecule has 5 heteroatoms. The third-order valence-electron chi connectivity index (χ3n) is 1.47. The summed E-state index contributed by atoms with van der Waals surface area (Å²) in [5, 5.41) is 3.42. The molecule has 1 amide bonds. The van der Waals surface area contributed by atoms with E-state index in [1.54, 1.807) is 30.3 Å². The smallest absolute Gasteiger partial charge is 0.241 e. The van der Waals surface area contributed by atoms with Crippen molar-refractivity contribution in [1.29, 1.82) is 0 Å². The monoisotopic (exact) mass is 188 g/mol. The first kappa shape index (κ1) is 9.83. The Morgan fingerprint density at radius 3 is 3.00 bits per heavy atom. The predicted octanol–water partition coefficient (Wildman–Crippen LogP) is 2.13. The minimum absolute atomic E-state index is 0.499. The lowest BCUT2D eigenvalue weighted by atomic mass is 10.2. The Balaban J connectivity index is 2.94. The first-order chi connectivity index (χ1) is 6.72. The van der Waals surface area contributed by atoms with E-state index in [9.17, 15) is 4.79 Å². The first-order valence-electron chi connectivity index (χ1n) is 3.85. The molecule has 0 aliphatic rings. The quantitative estimate of drug-likeness (QED) is 0.334. The van der Waals surface area contributed by atoms with Crippen LogP contribution in [0.15, 0.2) is 35.5 Å². The maximum atomic E-state index is 10.4. The van der Waals surface area contributed by atoms with Crippen molar-refractivity contribution in [1.82, 2.24) is 0 Å². The number of carbonyl (C=O) groups is 1. The van der Waals surface area contributed by atoms with E-state index in [-0.39, 0.29) is 0 Å². The summed E-state index contributed by atoms with van der Waals surface area (Å²) in [6, 6.07) is 6.82. The molecule has 0 aliphatic carbocycles. The van der Waals surface area contributed by atoms with Crippen LogP contribution >= 0.6 is 0 Å². The second-order valence-electron chi connectivity index (χ2n) is 2.52. The third kappa shape index (κ3) is 3.00. The van der Waals surface area contributed by atoms with Crippen LogP contribution in [0, 0.1) is 0 Å². The summed E-state index contributed by atoms with van der Waals surface area (Å²) in [5.74, 6) is -0.515. The van der Waals surface area contributed by atoms with E-state index in [4.69, 9.17) is 11.3 Å². The number of hydrogen-bond donors (Lipinski definition) is 1. The van der Waals surface area contributed by atoms with Crippen LogP contribution < -0.4 is 5.73 Å². The van der Waals surface area contributed by atoms with Crippen LogP contribution in [0.1, 0.15) is 5.56 Å². The van der Waals surface area contributed by atoms with E-state index in [0.29, 0.717) is 5.69 Å². The van der Waals surface area contributed by atoms with Gasteiger partial charge in [-0.25, -0.2) is 0 Å². The Morgan fingerprint density at radius 1 is 1.57 bits per heavy atom. The second kappa shape index (κ2) is 4.69. The molecule has 70 valence electrons. The van der Waals surface area contributed by atoms with Crippen molar-refractivity contribution < 1.29 is 4.79 Å². The maximum Gasteiger partial charge on any atom is 0.241 e. The molecule has 0 unspecified atom stereocenters. The molecule has 0 bridgehead atoms. The Bertz CT molecular complexity index is 419. The number of nitrogens with zero attached hydrogens (tertiary/aromatic N) is 3. The van der Waals surface area contributed by atoms with Crippen molar-refractivity contribution in [3.05, 3.63) is 46.3 Å². The fourth-order valence-electron chi connectivity index (χ4n) is 0.921. The maximum absolute atomic E-state index is 10.4. The van der Waals surface area contributed by atoms with Crippen molar-refractivity contribution in [3.8, 4) is 0 Å². The highest BCUT2D eigenvalue weighted by atomic mass is 16.1. The number of hydrogen-bond acceptors (Lipinski definition) is 2. The lowest BCUT2D eigenvalue weighted by molar-refractivity contribution is -0.113. The highest BCUT2D eigenvalue weighted by Crippen LogP contribution is 2.14. The molecule has 1 rings (SSSR count). The summed E-state index contributed by atoms with van der Waals surface area (Å²) < 4.78 is 0. The molecule has 1 aromatic carbocycles. The minimum Gasteiger partial charge on any atom is -0.366 e. The van der Waals surface area contributed by atoms with Gasteiger partial charge in [-0.1, -0.05) is 23.3 Å². The summed E-state index contributed by atoms with van der Waals surface area (Å²) in [4.78, 5) is 13.1. The summed E-state index contributed by atoms with van der Waals surface area (Å²) in [7, 11) is 0. The highest BCUT2D eigenvalue weighted by Gasteiger charge is 1.90. The lowest BCUT2D eigenvalue weighted by Gasteiger charge is -1.93. The van der Waals surface area contributed by atoms with Gasteiger partial charge in [0.05, 0.1) is 0 Å². The van der Waals surface area contributed by atoms with Gasteiger partial charge in [-0.05, 0) is 23.2 Å². The van der Waals surface area contributed by atoms with Crippen LogP contribution in [-0.2, 0) is 4.79 Å². The molecule has 0 aliphatic heterocycles. The number of rotatable bonds is 3. The molecule has 0 spiro atoms. The fraction of sp³-hybridized carbons (Fsp3) is 0. The summed E-state index contributed by atoms with van der Waals surface area (Å²) in [6.45, 7) is 0. The molecule has 1 aromatic rings. The molecule has 0 saturated heterocycles. The number of nitrogens with two attached hydrogens (primary N) is 1. The highest BCUT2D eigenvalue weighted by molar-refractivity contribution is 5.90. The molecule has 0 saturated carbocycles. The normalized spacial score (nSPS) is 9.71. The van der Waals surface area contributed by atoms with Gasteiger partial charge in [0.15, 0.2) is 0 Å². The van der Waals surface area contributed by atoms with Gasteiger partial charge in [0, 0.05) is 16.7 Å². The van der Waals surface area contributed by atoms with Crippen LogP contribution in [0.2, 0.25) is 0 Å². The van der Waals surface area contributed by atoms with E-state index >= 15 is 0 Å². The average Bonchev–Trinajstić information content (AvgIpc) is 2.16. The number of benzene rings is 1. The van der Waals surface area contributed by atoms with Crippen molar-refractivity contribution in [2.75, 3.05) is 0 Å². The number of amides is 1. The second-order valence-corrected chi connectivity index (χ2v) is 2.52. The largest absolute Gasteiger partial charge is 0.366 e. The molecule has 0 fully saturated rings. The molecule has 5 nitrogen and oxygen atoms in total. The molecule has 14 heavy (non-hydrogen) atoms. The van der Waals surface area contributed by atoms with E-state index in [2.05, 4.69) is 10.0 Å². The van der Waals surface area contributed by atoms with Gasteiger partial charge in [-0.2, -0.15) is 0 Å². The van der Waals surface area contributed by atoms with Gasteiger partial charge in [0.25, 0.3) is 0 Å². The Hall–Kier alpha value is -2.26. The van der Waals surface area contributed by atoms with Crippen LogP contribution in [0.25, 0.3) is 16.5 Å². The van der Waals surface area contributed by atoms with Crippen LogP contribution in [0.3, 0.4) is 0 Å². The number of carbonyl (C=O) groups excluding carboxylic acids is 1. The van der Waals surface area contributed by atoms with Crippen LogP contribution in [0.5, 0.6) is 0 Å². The first-order valence-corrected chi connectivity index (χ1v) is 3.85. The zero-order valence-corrected chi connectivity index (χ0v) is 7.29. The van der Waals surface area contributed by atoms with Crippen molar-refractivity contribution in [3.63, 3.8) is 0 Å². The Morgan fingerprint density at radius 2 is 2.36 bits per heavy atom. The Labute approximate surface area is 80.5 Å². The third-order valence-corrected chi connectivity index (χ3v) is 1.47. The topological polar surface area (TPSA) is 91.8 Å². The molecule has 0 aromatic heterocycles. The van der Waals surface area contributed by atoms with Gasteiger partial charge in [-0.15, -0.1) is 0 Å². The molecular formula is C9H8N4O. The van der Waals surface area contributed by atoms with Gasteiger partial charge < -0.3 is 5.73 Å². The number of primary amides is 1. The molecule has 2 N–H and O–H groups in total. The summed E-state index contributed by atoms with van der Waals surface area (Å²) >= 11 is 0. The zero-order chi connectivity index (χ0) is 10.4.